The largest absolute Gasteiger partial charge is 0.484 e. The number of benzene rings is 3. The average molecular weight is 1560 g/mol. The molecule has 0 saturated heterocycles. The normalized spacial score (nSPS) is 25.4. The predicted molar refractivity (Wildman–Crippen MR) is 374 cm³/mol. The molecule has 3 heterocycles. The summed E-state index contributed by atoms with van der Waals surface area (Å²) in [5, 5.41) is 17.8. The molecule has 9 aliphatic carbocycles. The van der Waals surface area contributed by atoms with Crippen molar-refractivity contribution in [1.82, 2.24) is 46.9 Å². The topological polar surface area (TPSA) is 275 Å². The molecular weight excluding hydrogens is 1480 g/mol. The minimum atomic E-state index is -4.48. The molecule has 9 fully saturated rings. The smallest absolute Gasteiger partial charge is 0.417 e. The first-order valence-electron chi connectivity index (χ1n) is 34.9. The highest BCUT2D eigenvalue weighted by Gasteiger charge is 2.59. The predicted octanol–water partition coefficient (Wildman–Crippen LogP) is 12.9. The van der Waals surface area contributed by atoms with Crippen LogP contribution in [0.15, 0.2) is 121 Å². The van der Waals surface area contributed by atoms with Crippen molar-refractivity contribution in [3.05, 3.63) is 171 Å². The van der Waals surface area contributed by atoms with E-state index in [4.69, 9.17) is 37.4 Å². The van der Waals surface area contributed by atoms with Gasteiger partial charge in [-0.05, 0) is 199 Å². The van der Waals surface area contributed by atoms with Gasteiger partial charge in [-0.25, -0.2) is 21.6 Å². The van der Waals surface area contributed by atoms with E-state index >= 15 is 0 Å². The lowest BCUT2D eigenvalue weighted by Gasteiger charge is -2.56. The molecule has 3 aromatic heterocycles. The third kappa shape index (κ3) is 19.4. The molecule has 20 nitrogen and oxygen atoms in total. The molecule has 3 unspecified atom stereocenters. The van der Waals surface area contributed by atoms with Crippen LogP contribution in [0.4, 0.5) is 39.5 Å². The first-order chi connectivity index (χ1) is 50.4. The van der Waals surface area contributed by atoms with Crippen molar-refractivity contribution >= 4 is 68.5 Å². The SMILES string of the molecule is CC1CC2(NC(=O)COc3ccc(Cl)c(F)c3)CCC1(C(=O)NCc1cc(C(F)(F)F)ccn1)CC2.CC1CC2(NC(=O)COc3ccc(Cl)c(F)c3)CCC1(C(=O)NCc1ccc(S(C)(=O)=O)cn1)CC2.CC1CC2(NC(=O)COc3ccc(F)cc3)CCC1(C(=O)NCc1ccc(C(F)(F)F)cn1)CC2. The van der Waals surface area contributed by atoms with E-state index in [1.807, 2.05) is 20.8 Å². The van der Waals surface area contributed by atoms with Crippen LogP contribution in [0.1, 0.15) is 145 Å². The first-order valence-corrected chi connectivity index (χ1v) is 37.5. The van der Waals surface area contributed by atoms with Crippen molar-refractivity contribution in [2.75, 3.05) is 26.1 Å². The Balaban J connectivity index is 0.000000172. The quantitative estimate of drug-likeness (QED) is 0.0345. The third-order valence-corrected chi connectivity index (χ3v) is 24.0. The molecule has 0 spiro atoms. The number of halogens is 11. The summed E-state index contributed by atoms with van der Waals surface area (Å²) in [6.45, 7) is 5.43. The molecule has 6 amide bonds. The fourth-order valence-electron chi connectivity index (χ4n) is 16.2. The first kappa shape index (κ1) is 80.8. The zero-order valence-electron chi connectivity index (χ0n) is 58.9. The molecule has 6 bridgehead atoms. The van der Waals surface area contributed by atoms with Gasteiger partial charge in [-0.2, -0.15) is 26.3 Å². The summed E-state index contributed by atoms with van der Waals surface area (Å²) in [7, 11) is -3.33. The van der Waals surface area contributed by atoms with Gasteiger partial charge >= 0.3 is 12.4 Å². The fourth-order valence-corrected chi connectivity index (χ4v) is 17.0. The van der Waals surface area contributed by atoms with E-state index in [1.165, 1.54) is 66.9 Å². The second-order valence-electron chi connectivity index (χ2n) is 29.1. The van der Waals surface area contributed by atoms with E-state index < -0.39 is 77.8 Å². The van der Waals surface area contributed by atoms with Crippen molar-refractivity contribution in [2.45, 2.75) is 171 Å². The number of pyridine rings is 3. The van der Waals surface area contributed by atoms with Crippen molar-refractivity contribution in [3.63, 3.8) is 0 Å². The number of hydrogen-bond acceptors (Lipinski definition) is 14. The van der Waals surface area contributed by atoms with Gasteiger partial charge in [0, 0.05) is 53.6 Å². The highest BCUT2D eigenvalue weighted by atomic mass is 35.5. The lowest BCUT2D eigenvalue weighted by molar-refractivity contribution is -0.147. The molecule has 6 N–H and O–H groups in total. The Hall–Kier alpha value is -8.77. The molecule has 576 valence electrons. The number of carbonyl (C=O) groups excluding carboxylic acids is 6. The number of aromatic nitrogens is 3. The van der Waals surface area contributed by atoms with Gasteiger partial charge < -0.3 is 46.1 Å². The van der Waals surface area contributed by atoms with E-state index in [0.29, 0.717) is 113 Å². The molecule has 9 aliphatic rings. The summed E-state index contributed by atoms with van der Waals surface area (Å²) in [6, 6.07) is 20.5. The van der Waals surface area contributed by atoms with Crippen LogP contribution < -0.4 is 46.1 Å². The van der Waals surface area contributed by atoms with Crippen LogP contribution in [0.3, 0.4) is 0 Å². The number of rotatable bonds is 22. The number of amides is 6. The van der Waals surface area contributed by atoms with Crippen molar-refractivity contribution in [1.29, 1.82) is 0 Å². The number of ether oxygens (including phenoxy) is 3. The Morgan fingerprint density at radius 3 is 1.16 bits per heavy atom. The number of carbonyl (C=O) groups is 6. The maximum Gasteiger partial charge on any atom is 0.417 e. The van der Waals surface area contributed by atoms with Gasteiger partial charge in [-0.3, -0.25) is 43.7 Å². The van der Waals surface area contributed by atoms with Gasteiger partial charge in [0.2, 0.25) is 17.7 Å². The maximum atomic E-state index is 13.6. The monoisotopic (exact) mass is 1560 g/mol. The van der Waals surface area contributed by atoms with E-state index in [2.05, 4.69) is 46.9 Å². The van der Waals surface area contributed by atoms with E-state index in [0.717, 1.165) is 49.0 Å². The molecule has 32 heteroatoms. The highest BCUT2D eigenvalue weighted by Crippen LogP contribution is 2.58. The van der Waals surface area contributed by atoms with Crippen LogP contribution >= 0.6 is 23.2 Å². The molecule has 3 aromatic carbocycles. The zero-order chi connectivity index (χ0) is 77.5. The Bertz CT molecular complexity index is 4350. The maximum absolute atomic E-state index is 13.6. The molecule has 3 atom stereocenters. The Morgan fingerprint density at radius 1 is 0.458 bits per heavy atom. The van der Waals surface area contributed by atoms with Crippen LogP contribution in [0.25, 0.3) is 0 Å². The Labute approximate surface area is 622 Å². The molecule has 15 rings (SSSR count). The number of hydrogen-bond donors (Lipinski definition) is 6. The van der Waals surface area contributed by atoms with E-state index in [9.17, 15) is 76.7 Å². The summed E-state index contributed by atoms with van der Waals surface area (Å²) in [6.07, 6.45) is 4.60. The van der Waals surface area contributed by atoms with Gasteiger partial charge in [0.15, 0.2) is 29.7 Å². The van der Waals surface area contributed by atoms with Crippen LogP contribution in [0.2, 0.25) is 10.0 Å². The molecule has 107 heavy (non-hydrogen) atoms. The van der Waals surface area contributed by atoms with Gasteiger partial charge in [-0.1, -0.05) is 44.0 Å². The number of fused-ring (bicyclic) bond motifs is 9. The van der Waals surface area contributed by atoms with Crippen molar-refractivity contribution < 1.29 is 90.9 Å². The van der Waals surface area contributed by atoms with E-state index in [1.54, 1.807) is 6.07 Å². The van der Waals surface area contributed by atoms with Crippen LogP contribution in [-0.4, -0.2) is 102 Å². The molecular formula is C75H82Cl2F9N9O11S. The zero-order valence-corrected chi connectivity index (χ0v) is 61.3. The number of sulfone groups is 1. The minimum absolute atomic E-state index is 0.00359. The fraction of sp³-hybridized carbons (Fsp3) is 0.480. The van der Waals surface area contributed by atoms with Crippen molar-refractivity contribution in [2.24, 2.45) is 34.0 Å². The summed E-state index contributed by atoms with van der Waals surface area (Å²) < 4.78 is 157. The number of nitrogens with one attached hydrogen (secondary N) is 6. The van der Waals surface area contributed by atoms with Crippen LogP contribution in [0.5, 0.6) is 17.2 Å². The van der Waals surface area contributed by atoms with Gasteiger partial charge in [0.25, 0.3) is 17.7 Å². The van der Waals surface area contributed by atoms with Gasteiger partial charge in [0.05, 0.1) is 79.0 Å². The third-order valence-electron chi connectivity index (χ3n) is 22.3. The lowest BCUT2D eigenvalue weighted by atomic mass is 9.52. The summed E-state index contributed by atoms with van der Waals surface area (Å²) in [5.74, 6) is -2.11. The standard InChI is InChI=1S/C25H26ClF4N3O3.C25H29ClFN3O5S.C25H27F4N3O3/c1-15-12-23(33-21(34)14-36-18-2-3-19(26)20(27)11-18)5-7-24(15,8-6-23)22(35)32-13-17-10-16(4-9-31-17)25(28,29)30;1-16-12-24(30-22(31)15-35-18-4-6-20(26)21(27)11-18)7-9-25(16,10-8-24)23(32)29-13-17-3-5-19(14-28-17)36(2,33)34;1-16-12-23(32-21(33)15-35-20-6-3-18(26)4-7-20)8-10-24(16,11-9-23)22(34)31-14-19-5-2-17(13-30-19)25(27,28)29/h2-4,9-11,15H,5-8,12-14H2,1H3,(H,32,35)(H,33,34);3-6,11,14,16H,7-10,12-13,15H2,1-2H3,(H,29,32)(H,30,31);2-7,13,16H,8-12,14-15H2,1H3,(H,31,34)(H,32,33). The molecule has 6 aromatic rings. The summed E-state index contributed by atoms with van der Waals surface area (Å²) in [5.41, 5.74) is -3.58. The molecule has 0 aliphatic heterocycles. The second-order valence-corrected chi connectivity index (χ2v) is 31.9. The average Bonchev–Trinajstić information content (AvgIpc) is 0.747. The van der Waals surface area contributed by atoms with Gasteiger partial charge in [-0.15, -0.1) is 0 Å². The molecule has 0 radical (unpaired) electrons. The lowest BCUT2D eigenvalue weighted by Crippen LogP contribution is -2.63. The Kier molecular flexibility index (Phi) is 24.6. The summed E-state index contributed by atoms with van der Waals surface area (Å²) in [4.78, 5) is 89.3. The minimum Gasteiger partial charge on any atom is -0.484 e. The number of nitrogens with zero attached hydrogens (tertiary/aromatic N) is 3. The second kappa shape index (κ2) is 32.6. The van der Waals surface area contributed by atoms with Crippen molar-refractivity contribution in [3.8, 4) is 17.2 Å². The number of alkyl halides is 6. The van der Waals surface area contributed by atoms with Gasteiger partial charge in [0.1, 0.15) is 34.7 Å². The van der Waals surface area contributed by atoms with Crippen LogP contribution in [0, 0.1) is 51.5 Å². The highest BCUT2D eigenvalue weighted by molar-refractivity contribution is 7.90. The van der Waals surface area contributed by atoms with Crippen LogP contribution in [-0.2, 0) is 70.6 Å². The summed E-state index contributed by atoms with van der Waals surface area (Å²) >= 11 is 11.3. The molecule has 9 saturated carbocycles. The van der Waals surface area contributed by atoms with E-state index in [-0.39, 0.29) is 131 Å². The Morgan fingerprint density at radius 2 is 0.822 bits per heavy atom.